The van der Waals surface area contributed by atoms with E-state index in [1.807, 2.05) is 63.4 Å². The van der Waals surface area contributed by atoms with Crippen LogP contribution in [0.2, 0.25) is 0 Å². The number of piperidine rings is 1. The lowest BCUT2D eigenvalue weighted by Gasteiger charge is -2.40. The second kappa shape index (κ2) is 19.3. The van der Waals surface area contributed by atoms with Gasteiger partial charge in [-0.15, -0.1) is 0 Å². The zero-order valence-electron chi connectivity index (χ0n) is 34.6. The summed E-state index contributed by atoms with van der Waals surface area (Å²) < 4.78 is 17.4. The van der Waals surface area contributed by atoms with E-state index in [2.05, 4.69) is 22.2 Å². The second-order valence-electron chi connectivity index (χ2n) is 16.1. The normalized spacial score (nSPS) is 19.9. The SMILES string of the molecule is C=C/C=C(\C=C/C)CCC[C@H](NC(=O)C1CN(C(=O)Cc2c[nH]c3cc(OCC4CC4)ccc23)CC2CN(C(=O)c3ccc(OC(C)C)c(OC)c3)CC21)C(=O)NC. The first-order chi connectivity index (χ1) is 28.0. The number of likely N-dealkylation sites (N-methyl/N-ethyl adjacent to an activating group) is 1. The predicted octanol–water partition coefficient (Wildman–Crippen LogP) is 6.23. The Kier molecular flexibility index (Phi) is 14.0. The number of amides is 4. The maximum Gasteiger partial charge on any atom is 0.254 e. The van der Waals surface area contributed by atoms with E-state index < -0.39 is 12.0 Å². The predicted molar refractivity (Wildman–Crippen MR) is 225 cm³/mol. The molecule has 3 N–H and O–H groups in total. The van der Waals surface area contributed by atoms with E-state index >= 15 is 0 Å². The summed E-state index contributed by atoms with van der Waals surface area (Å²) in [5.74, 6) is 0.574. The van der Waals surface area contributed by atoms with Crippen molar-refractivity contribution in [2.45, 2.75) is 71.4 Å². The first kappa shape index (κ1) is 42.1. The lowest BCUT2D eigenvalue weighted by atomic mass is 9.79. The van der Waals surface area contributed by atoms with Crippen LogP contribution in [-0.4, -0.2) is 97.5 Å². The molecule has 6 rings (SSSR count). The first-order valence-electron chi connectivity index (χ1n) is 20.6. The van der Waals surface area contributed by atoms with E-state index in [-0.39, 0.29) is 54.5 Å². The minimum Gasteiger partial charge on any atom is -0.493 e. The number of aromatic nitrogens is 1. The van der Waals surface area contributed by atoms with E-state index in [0.717, 1.165) is 27.8 Å². The van der Waals surface area contributed by atoms with Crippen LogP contribution in [0.5, 0.6) is 17.2 Å². The molecule has 2 saturated heterocycles. The van der Waals surface area contributed by atoms with E-state index in [1.54, 1.807) is 48.2 Å². The molecule has 1 aliphatic carbocycles. The summed E-state index contributed by atoms with van der Waals surface area (Å²) in [6, 6.07) is 10.3. The van der Waals surface area contributed by atoms with Gasteiger partial charge in [0.25, 0.3) is 5.91 Å². The third kappa shape index (κ3) is 10.3. The molecule has 3 fully saturated rings. The van der Waals surface area contributed by atoms with Gasteiger partial charge in [-0.25, -0.2) is 0 Å². The Labute approximate surface area is 342 Å². The van der Waals surface area contributed by atoms with Crippen molar-refractivity contribution in [3.8, 4) is 17.2 Å². The third-order valence-electron chi connectivity index (χ3n) is 11.4. The van der Waals surface area contributed by atoms with Gasteiger partial charge in [-0.2, -0.15) is 0 Å². The molecule has 4 atom stereocenters. The van der Waals surface area contributed by atoms with Crippen LogP contribution >= 0.6 is 0 Å². The van der Waals surface area contributed by atoms with Crippen LogP contribution in [0.1, 0.15) is 68.8 Å². The Bertz CT molecular complexity index is 2030. The standard InChI is InChI=1S/C46H59N5O7/c1-7-10-30(11-8-2)12-9-13-39(45(54)47-5)49-44(53)38-27-50(43(52)21-33-23-48-40-22-35(17-18-36(33)40)57-28-31-14-15-31)24-34-25-51(26-37(34)38)46(55)32-16-19-41(58-29(3)4)42(20-32)56-6/h7-8,10-11,16-20,22-23,29,31,34,37-39,48H,1,9,12-15,21,24-28H2,2-6H3,(H,47,54)(H,49,53)/b11-8-,30-10+/t34?,37?,38?,39-/m0/s1. The van der Waals surface area contributed by atoms with Gasteiger partial charge in [0, 0.05) is 62.0 Å². The third-order valence-corrected chi connectivity index (χ3v) is 11.4. The van der Waals surface area contributed by atoms with Gasteiger partial charge < -0.3 is 39.6 Å². The summed E-state index contributed by atoms with van der Waals surface area (Å²) in [4.78, 5) is 62.7. The topological polar surface area (TPSA) is 142 Å². The number of fused-ring (bicyclic) bond motifs is 2. The van der Waals surface area contributed by atoms with Crippen molar-refractivity contribution in [1.29, 1.82) is 0 Å². The smallest absolute Gasteiger partial charge is 0.254 e. The molecule has 3 aliphatic rings. The fraction of sp³-hybridized carbons (Fsp3) is 0.478. The number of benzene rings is 2. The largest absolute Gasteiger partial charge is 0.493 e. The second-order valence-corrected chi connectivity index (χ2v) is 16.1. The summed E-state index contributed by atoms with van der Waals surface area (Å²) in [7, 11) is 3.10. The number of allylic oxidation sites excluding steroid dienone is 5. The molecule has 4 amide bonds. The van der Waals surface area contributed by atoms with Crippen LogP contribution in [0.4, 0.5) is 0 Å². The zero-order chi connectivity index (χ0) is 41.3. The number of hydrogen-bond donors (Lipinski definition) is 3. The molecule has 2 aromatic carbocycles. The monoisotopic (exact) mass is 793 g/mol. The van der Waals surface area contributed by atoms with Gasteiger partial charge in [-0.1, -0.05) is 30.9 Å². The highest BCUT2D eigenvalue weighted by Gasteiger charge is 2.48. The van der Waals surface area contributed by atoms with Gasteiger partial charge >= 0.3 is 0 Å². The van der Waals surface area contributed by atoms with Crippen molar-refractivity contribution in [2.75, 3.05) is 46.9 Å². The molecule has 1 aromatic heterocycles. The van der Waals surface area contributed by atoms with Crippen molar-refractivity contribution in [3.05, 3.63) is 90.2 Å². The summed E-state index contributed by atoms with van der Waals surface area (Å²) in [6.07, 6.45) is 13.8. The molecule has 3 aromatic rings. The Balaban J connectivity index is 1.21. The average molecular weight is 794 g/mol. The van der Waals surface area contributed by atoms with Crippen LogP contribution in [0.3, 0.4) is 0 Å². The maximum absolute atomic E-state index is 14.4. The van der Waals surface area contributed by atoms with Crippen LogP contribution in [-0.2, 0) is 20.8 Å². The van der Waals surface area contributed by atoms with Crippen LogP contribution in [0.15, 0.2) is 79.1 Å². The summed E-state index contributed by atoms with van der Waals surface area (Å²) >= 11 is 0. The Morgan fingerprint density at radius 1 is 1.02 bits per heavy atom. The van der Waals surface area contributed by atoms with E-state index in [9.17, 15) is 19.2 Å². The molecule has 0 spiro atoms. The molecule has 0 bridgehead atoms. The number of methoxy groups -OCH3 is 1. The number of hydrogen-bond acceptors (Lipinski definition) is 7. The van der Waals surface area contributed by atoms with E-state index in [1.165, 1.54) is 12.8 Å². The van der Waals surface area contributed by atoms with Gasteiger partial charge in [-0.05, 0) is 112 Å². The maximum atomic E-state index is 14.4. The molecule has 12 nitrogen and oxygen atoms in total. The fourth-order valence-corrected chi connectivity index (χ4v) is 8.25. The lowest BCUT2D eigenvalue weighted by molar-refractivity contribution is -0.140. The number of carbonyl (C=O) groups excluding carboxylic acids is 4. The molecule has 0 radical (unpaired) electrons. The van der Waals surface area contributed by atoms with Gasteiger partial charge in [0.15, 0.2) is 11.5 Å². The quantitative estimate of drug-likeness (QED) is 0.130. The van der Waals surface area contributed by atoms with Crippen LogP contribution in [0.25, 0.3) is 10.9 Å². The fourth-order valence-electron chi connectivity index (χ4n) is 8.25. The highest BCUT2D eigenvalue weighted by Crippen LogP contribution is 2.38. The molecule has 310 valence electrons. The number of likely N-dealkylation sites (tertiary alicyclic amines) is 2. The average Bonchev–Trinajstić information content (AvgIpc) is 3.82. The number of aromatic amines is 1. The number of H-pyrrole nitrogens is 1. The Hall–Kier alpha value is -5.52. The highest BCUT2D eigenvalue weighted by molar-refractivity contribution is 5.95. The molecule has 3 unspecified atom stereocenters. The Morgan fingerprint density at radius 3 is 2.52 bits per heavy atom. The minimum atomic E-state index is -0.764. The molecule has 3 heterocycles. The summed E-state index contributed by atoms with van der Waals surface area (Å²) in [6.45, 7) is 11.6. The van der Waals surface area contributed by atoms with E-state index in [0.29, 0.717) is 68.5 Å². The molecule has 12 heteroatoms. The summed E-state index contributed by atoms with van der Waals surface area (Å²) in [5, 5.41) is 6.72. The molecular weight excluding hydrogens is 735 g/mol. The van der Waals surface area contributed by atoms with Gasteiger partial charge in [-0.3, -0.25) is 19.2 Å². The number of nitrogens with zero attached hydrogens (tertiary/aromatic N) is 2. The number of rotatable bonds is 18. The summed E-state index contributed by atoms with van der Waals surface area (Å²) in [5.41, 5.74) is 3.29. The number of ether oxygens (including phenoxy) is 3. The number of nitrogens with one attached hydrogen (secondary N) is 3. The minimum absolute atomic E-state index is 0.0706. The van der Waals surface area contributed by atoms with Gasteiger partial charge in [0.05, 0.1) is 32.2 Å². The van der Waals surface area contributed by atoms with Crippen molar-refractivity contribution < 1.29 is 33.4 Å². The van der Waals surface area contributed by atoms with Crippen molar-refractivity contribution in [1.82, 2.24) is 25.4 Å². The number of carbonyl (C=O) groups is 4. The highest BCUT2D eigenvalue weighted by atomic mass is 16.5. The van der Waals surface area contributed by atoms with Crippen molar-refractivity contribution in [2.24, 2.45) is 23.7 Å². The molecule has 2 aliphatic heterocycles. The van der Waals surface area contributed by atoms with Crippen LogP contribution in [0, 0.1) is 23.7 Å². The van der Waals surface area contributed by atoms with Crippen LogP contribution < -0.4 is 24.8 Å². The van der Waals surface area contributed by atoms with Gasteiger partial charge in [0.2, 0.25) is 17.7 Å². The lowest BCUT2D eigenvalue weighted by Crippen LogP contribution is -2.56. The molecule has 58 heavy (non-hydrogen) atoms. The van der Waals surface area contributed by atoms with Crippen molar-refractivity contribution in [3.63, 3.8) is 0 Å². The molecular formula is C46H59N5O7. The van der Waals surface area contributed by atoms with E-state index in [4.69, 9.17) is 14.2 Å². The zero-order valence-corrected chi connectivity index (χ0v) is 34.6. The molecule has 1 saturated carbocycles. The first-order valence-corrected chi connectivity index (χ1v) is 20.6. The Morgan fingerprint density at radius 2 is 1.81 bits per heavy atom. The van der Waals surface area contributed by atoms with Gasteiger partial charge in [0.1, 0.15) is 11.8 Å². The van der Waals surface area contributed by atoms with Crippen molar-refractivity contribution >= 4 is 34.5 Å².